The van der Waals surface area contributed by atoms with E-state index in [2.05, 4.69) is 5.32 Å². The third kappa shape index (κ3) is 8.82. The van der Waals surface area contributed by atoms with E-state index in [9.17, 15) is 18.0 Å². The average Bonchev–Trinajstić information content (AvgIpc) is 3.02. The van der Waals surface area contributed by atoms with Crippen molar-refractivity contribution >= 4 is 27.5 Å². The third-order valence-electron chi connectivity index (χ3n) is 7.66. The topological polar surface area (TPSA) is 86.8 Å². The van der Waals surface area contributed by atoms with Crippen LogP contribution in [-0.4, -0.2) is 44.3 Å². The molecule has 0 bridgehead atoms. The van der Waals surface area contributed by atoms with Crippen molar-refractivity contribution in [3.8, 4) is 0 Å². The van der Waals surface area contributed by atoms with Crippen LogP contribution in [0.3, 0.4) is 0 Å². The van der Waals surface area contributed by atoms with Gasteiger partial charge in [0.05, 0.1) is 10.6 Å². The van der Waals surface area contributed by atoms with Gasteiger partial charge in [-0.15, -0.1) is 0 Å². The van der Waals surface area contributed by atoms with Gasteiger partial charge in [-0.05, 0) is 61.6 Å². The van der Waals surface area contributed by atoms with Crippen molar-refractivity contribution in [1.29, 1.82) is 0 Å². The lowest BCUT2D eigenvalue weighted by Gasteiger charge is -2.34. The van der Waals surface area contributed by atoms with Gasteiger partial charge in [-0.3, -0.25) is 13.9 Å². The van der Waals surface area contributed by atoms with Gasteiger partial charge in [0.15, 0.2) is 0 Å². The lowest BCUT2D eigenvalue weighted by Crippen LogP contribution is -2.53. The number of hydrogen-bond donors (Lipinski definition) is 1. The summed E-state index contributed by atoms with van der Waals surface area (Å²) in [6.45, 7) is 9.89. The Morgan fingerprint density at radius 3 is 1.96 bits per heavy atom. The minimum Gasteiger partial charge on any atom is -0.354 e. The zero-order chi connectivity index (χ0) is 32.6. The van der Waals surface area contributed by atoms with Crippen LogP contribution in [0.1, 0.15) is 41.7 Å². The first kappa shape index (κ1) is 33.5. The second kappa shape index (κ2) is 15.0. The molecule has 0 aliphatic rings. The Balaban J connectivity index is 1.81. The van der Waals surface area contributed by atoms with Gasteiger partial charge < -0.3 is 10.2 Å². The molecule has 0 unspecified atom stereocenters. The Morgan fingerprint density at radius 2 is 1.36 bits per heavy atom. The predicted molar refractivity (Wildman–Crippen MR) is 180 cm³/mol. The zero-order valence-electron chi connectivity index (χ0n) is 26.7. The van der Waals surface area contributed by atoms with Gasteiger partial charge in [0.1, 0.15) is 12.6 Å². The Labute approximate surface area is 268 Å². The summed E-state index contributed by atoms with van der Waals surface area (Å²) in [5.74, 6) is -0.545. The molecule has 2 amide bonds. The van der Waals surface area contributed by atoms with Crippen molar-refractivity contribution in [2.75, 3.05) is 17.4 Å². The van der Waals surface area contributed by atoms with Crippen LogP contribution in [0.4, 0.5) is 5.69 Å². The molecule has 0 radical (unpaired) electrons. The molecule has 7 nitrogen and oxygen atoms in total. The van der Waals surface area contributed by atoms with Gasteiger partial charge in [0.2, 0.25) is 11.8 Å². The maximum Gasteiger partial charge on any atom is 0.264 e. The lowest BCUT2D eigenvalue weighted by molar-refractivity contribution is -0.140. The average molecular weight is 626 g/mol. The molecule has 0 spiro atoms. The smallest absolute Gasteiger partial charge is 0.264 e. The first-order chi connectivity index (χ1) is 21.5. The molecule has 45 heavy (non-hydrogen) atoms. The van der Waals surface area contributed by atoms with E-state index in [1.165, 1.54) is 21.3 Å². The van der Waals surface area contributed by atoms with Gasteiger partial charge in [-0.2, -0.15) is 0 Å². The molecule has 4 rings (SSSR count). The molecule has 0 saturated heterocycles. The van der Waals surface area contributed by atoms with E-state index in [4.69, 9.17) is 0 Å². The van der Waals surface area contributed by atoms with E-state index in [0.717, 1.165) is 27.8 Å². The summed E-state index contributed by atoms with van der Waals surface area (Å²) in [5.41, 5.74) is 4.92. The highest BCUT2D eigenvalue weighted by Crippen LogP contribution is 2.28. The quantitative estimate of drug-likeness (QED) is 0.191. The third-order valence-corrected chi connectivity index (χ3v) is 9.43. The van der Waals surface area contributed by atoms with Gasteiger partial charge in [0.25, 0.3) is 10.0 Å². The molecule has 4 aromatic rings. The number of anilines is 1. The monoisotopic (exact) mass is 625 g/mol. The maximum absolute atomic E-state index is 14.6. The highest BCUT2D eigenvalue weighted by Gasteiger charge is 2.35. The number of nitrogens with zero attached hydrogens (tertiary/aromatic N) is 2. The van der Waals surface area contributed by atoms with Gasteiger partial charge in [0, 0.05) is 19.5 Å². The molecule has 0 fully saturated rings. The van der Waals surface area contributed by atoms with Crippen molar-refractivity contribution in [2.24, 2.45) is 5.92 Å². The molecule has 236 valence electrons. The van der Waals surface area contributed by atoms with Crippen LogP contribution in [0, 0.1) is 26.7 Å². The predicted octanol–water partition coefficient (Wildman–Crippen LogP) is 6.22. The number of aryl methyl sites for hydroxylation is 3. The van der Waals surface area contributed by atoms with E-state index in [1.807, 2.05) is 101 Å². The second-order valence-electron chi connectivity index (χ2n) is 12.0. The number of rotatable bonds is 13. The fourth-order valence-electron chi connectivity index (χ4n) is 5.18. The summed E-state index contributed by atoms with van der Waals surface area (Å²) in [4.78, 5) is 30.1. The molecule has 8 heteroatoms. The molecule has 1 atom stereocenters. The number of carbonyl (C=O) groups excluding carboxylic acids is 2. The van der Waals surface area contributed by atoms with Crippen molar-refractivity contribution in [2.45, 2.75) is 58.5 Å². The van der Waals surface area contributed by atoms with Gasteiger partial charge >= 0.3 is 0 Å². The Hall–Kier alpha value is -4.43. The summed E-state index contributed by atoms with van der Waals surface area (Å²) >= 11 is 0. The van der Waals surface area contributed by atoms with E-state index >= 15 is 0 Å². The molecule has 0 aliphatic heterocycles. The van der Waals surface area contributed by atoms with Crippen LogP contribution < -0.4 is 9.62 Å². The molecule has 0 heterocycles. The fraction of sp³-hybridized carbons (Fsp3) is 0.297. The minimum absolute atomic E-state index is 0.0818. The highest BCUT2D eigenvalue weighted by molar-refractivity contribution is 7.92. The molecular formula is C37H43N3O4S. The van der Waals surface area contributed by atoms with Crippen molar-refractivity contribution in [3.05, 3.63) is 131 Å². The van der Waals surface area contributed by atoms with Crippen LogP contribution in [0.15, 0.2) is 108 Å². The molecular weight excluding hydrogens is 582 g/mol. The Bertz CT molecular complexity index is 1690. The minimum atomic E-state index is -4.14. The first-order valence-electron chi connectivity index (χ1n) is 15.3. The van der Waals surface area contributed by atoms with Crippen molar-refractivity contribution in [3.63, 3.8) is 0 Å². The number of amides is 2. The first-order valence-corrected chi connectivity index (χ1v) is 16.7. The summed E-state index contributed by atoms with van der Waals surface area (Å²) in [7, 11) is -4.14. The van der Waals surface area contributed by atoms with Crippen LogP contribution in [0.5, 0.6) is 0 Å². The van der Waals surface area contributed by atoms with Crippen molar-refractivity contribution in [1.82, 2.24) is 10.2 Å². The van der Waals surface area contributed by atoms with Crippen LogP contribution in [-0.2, 0) is 32.6 Å². The summed E-state index contributed by atoms with van der Waals surface area (Å²) in [6.07, 6.45) is 0.275. The molecule has 0 aromatic heterocycles. The SMILES string of the molecule is Cc1ccc(CN(C(=O)CN(c2ccc(C)cc2C)S(=O)(=O)c2ccccc2)[C@H](Cc2ccccc2)C(=O)NCC(C)C)cc1. The Morgan fingerprint density at radius 1 is 0.756 bits per heavy atom. The highest BCUT2D eigenvalue weighted by atomic mass is 32.2. The number of sulfonamides is 1. The molecule has 1 N–H and O–H groups in total. The summed E-state index contributed by atoms with van der Waals surface area (Å²) < 4.78 is 29.5. The fourth-order valence-corrected chi connectivity index (χ4v) is 6.68. The summed E-state index contributed by atoms with van der Waals surface area (Å²) in [5, 5.41) is 3.02. The van der Waals surface area contributed by atoms with E-state index in [-0.39, 0.29) is 29.7 Å². The molecule has 0 aliphatic carbocycles. The van der Waals surface area contributed by atoms with E-state index < -0.39 is 28.5 Å². The van der Waals surface area contributed by atoms with Crippen LogP contribution in [0.2, 0.25) is 0 Å². The second-order valence-corrected chi connectivity index (χ2v) is 13.8. The Kier molecular flexibility index (Phi) is 11.2. The number of benzene rings is 4. The largest absolute Gasteiger partial charge is 0.354 e. The van der Waals surface area contributed by atoms with Crippen molar-refractivity contribution < 1.29 is 18.0 Å². The maximum atomic E-state index is 14.6. The number of carbonyl (C=O) groups is 2. The molecule has 0 saturated carbocycles. The lowest BCUT2D eigenvalue weighted by atomic mass is 10.0. The molecule has 4 aromatic carbocycles. The standard InChI is InChI=1S/C37H43N3O4S/c1-27(2)24-38-37(42)35(23-31-12-8-6-9-13-31)39(25-32-19-16-28(3)17-20-32)36(41)26-40(34-21-18-29(4)22-30(34)5)45(43,44)33-14-10-7-11-15-33/h6-22,27,35H,23-26H2,1-5H3,(H,38,42)/t35-/m1/s1. The van der Waals surface area contributed by atoms with Gasteiger partial charge in [-0.25, -0.2) is 8.42 Å². The number of nitrogens with one attached hydrogen (secondary N) is 1. The zero-order valence-corrected chi connectivity index (χ0v) is 27.6. The normalized spacial score (nSPS) is 12.0. The van der Waals surface area contributed by atoms with Crippen LogP contribution >= 0.6 is 0 Å². The van der Waals surface area contributed by atoms with E-state index in [1.54, 1.807) is 24.3 Å². The van der Waals surface area contributed by atoms with Crippen LogP contribution in [0.25, 0.3) is 0 Å². The van der Waals surface area contributed by atoms with E-state index in [0.29, 0.717) is 12.2 Å². The number of hydrogen-bond acceptors (Lipinski definition) is 4. The summed E-state index contributed by atoms with van der Waals surface area (Å²) in [6, 6.07) is 30.1. The van der Waals surface area contributed by atoms with Gasteiger partial charge in [-0.1, -0.05) is 110 Å².